The molecule has 0 radical (unpaired) electrons. The summed E-state index contributed by atoms with van der Waals surface area (Å²) in [5, 5.41) is 4.78. The van der Waals surface area contributed by atoms with Crippen LogP contribution in [-0.2, 0) is 5.41 Å². The van der Waals surface area contributed by atoms with Crippen LogP contribution < -0.4 is 4.90 Å². The topological polar surface area (TPSA) is 16.4 Å². The Morgan fingerprint density at radius 1 is 0.429 bits per heavy atom. The molecule has 0 aliphatic heterocycles. The summed E-state index contributed by atoms with van der Waals surface area (Å²) in [6.07, 6.45) is 6.62. The summed E-state index contributed by atoms with van der Waals surface area (Å²) in [4.78, 5) is 2.44. The highest BCUT2D eigenvalue weighted by Gasteiger charge is 2.38. The van der Waals surface area contributed by atoms with E-state index in [1.54, 1.807) is 5.56 Å². The van der Waals surface area contributed by atoms with Gasteiger partial charge in [-0.15, -0.1) is 0 Å². The van der Waals surface area contributed by atoms with E-state index >= 15 is 0 Å². The highest BCUT2D eigenvalue weighted by atomic mass is 16.3. The molecule has 0 bridgehead atoms. The van der Waals surface area contributed by atoms with E-state index in [9.17, 15) is 0 Å². The number of rotatable bonds is 7. The molecule has 1 aromatic heterocycles. The lowest BCUT2D eigenvalue weighted by atomic mass is 9.78. The van der Waals surface area contributed by atoms with Crippen molar-refractivity contribution in [2.24, 2.45) is 0 Å². The Hall–Kier alpha value is -7.16. The largest absolute Gasteiger partial charge is 0.456 e. The predicted molar refractivity (Wildman–Crippen MR) is 266 cm³/mol. The standard InChI is InChI=1S/C61H49NO/c1-61(2)56-22-13-21-50(41-14-5-3-6-15-41)60(56)52-34-33-49(39-57(52)61)62(47-29-24-40(25-30-47)46-28-35-59-55(38-46)51-20-11-12-23-58(51)63-59)48-31-26-43(27-32-48)54-37-45-19-10-9-18-44(45)36-53(54)42-16-7-4-8-17-42/h4,7-13,16-39,41H,3,5-6,14-15H2,1-2H3. The molecule has 12 rings (SSSR count). The van der Waals surface area contributed by atoms with Gasteiger partial charge in [0.2, 0.25) is 0 Å². The van der Waals surface area contributed by atoms with Crippen molar-refractivity contribution in [2.45, 2.75) is 57.3 Å². The predicted octanol–water partition coefficient (Wildman–Crippen LogP) is 17.6. The molecule has 304 valence electrons. The number of hydrogen-bond donors (Lipinski definition) is 0. The van der Waals surface area contributed by atoms with Gasteiger partial charge in [-0.1, -0.05) is 161 Å². The number of anilines is 3. The van der Waals surface area contributed by atoms with Crippen molar-refractivity contribution >= 4 is 49.8 Å². The number of para-hydroxylation sites is 1. The van der Waals surface area contributed by atoms with E-state index in [0.29, 0.717) is 5.92 Å². The highest BCUT2D eigenvalue weighted by Crippen LogP contribution is 2.54. The molecule has 2 heteroatoms. The third kappa shape index (κ3) is 6.39. The van der Waals surface area contributed by atoms with Gasteiger partial charge in [0.15, 0.2) is 0 Å². The van der Waals surface area contributed by atoms with E-state index in [-0.39, 0.29) is 5.41 Å². The van der Waals surface area contributed by atoms with Gasteiger partial charge in [0.05, 0.1) is 0 Å². The van der Waals surface area contributed by atoms with Gasteiger partial charge < -0.3 is 9.32 Å². The fourth-order valence-corrected chi connectivity index (χ4v) is 11.0. The van der Waals surface area contributed by atoms with Gasteiger partial charge in [0.25, 0.3) is 0 Å². The smallest absolute Gasteiger partial charge is 0.135 e. The van der Waals surface area contributed by atoms with Crippen LogP contribution >= 0.6 is 0 Å². The van der Waals surface area contributed by atoms with Crippen molar-refractivity contribution in [2.75, 3.05) is 4.90 Å². The molecule has 2 nitrogen and oxygen atoms in total. The molecule has 2 aliphatic carbocycles. The maximum absolute atomic E-state index is 6.17. The lowest BCUT2D eigenvalue weighted by Crippen LogP contribution is -2.17. The maximum atomic E-state index is 6.17. The van der Waals surface area contributed by atoms with Gasteiger partial charge in [0, 0.05) is 33.2 Å². The van der Waals surface area contributed by atoms with Gasteiger partial charge in [-0.2, -0.15) is 0 Å². The van der Waals surface area contributed by atoms with E-state index in [1.807, 2.05) is 12.1 Å². The Morgan fingerprint density at radius 3 is 1.76 bits per heavy atom. The minimum absolute atomic E-state index is 0.120. The molecule has 0 spiro atoms. The molecule has 1 saturated carbocycles. The summed E-state index contributed by atoms with van der Waals surface area (Å²) in [6, 6.07) is 71.7. The zero-order valence-electron chi connectivity index (χ0n) is 35.9. The molecule has 0 atom stereocenters. The fraction of sp³-hybridized carbons (Fsp3) is 0.148. The summed E-state index contributed by atoms with van der Waals surface area (Å²) in [6.45, 7) is 4.85. The van der Waals surface area contributed by atoms with Crippen LogP contribution in [-0.4, -0.2) is 0 Å². The van der Waals surface area contributed by atoms with Crippen molar-refractivity contribution < 1.29 is 4.42 Å². The lowest BCUT2D eigenvalue weighted by molar-refractivity contribution is 0.444. The third-order valence-corrected chi connectivity index (χ3v) is 14.3. The average molecular weight is 812 g/mol. The van der Waals surface area contributed by atoms with Crippen LogP contribution in [0, 0.1) is 0 Å². The quantitative estimate of drug-likeness (QED) is 0.159. The van der Waals surface area contributed by atoms with Crippen LogP contribution in [0.25, 0.3) is 77.2 Å². The molecular formula is C61H49NO. The van der Waals surface area contributed by atoms with Crippen LogP contribution in [0.5, 0.6) is 0 Å². The Morgan fingerprint density at radius 2 is 1.03 bits per heavy atom. The van der Waals surface area contributed by atoms with Crippen LogP contribution in [0.4, 0.5) is 17.1 Å². The van der Waals surface area contributed by atoms with E-state index in [4.69, 9.17) is 4.42 Å². The molecule has 63 heavy (non-hydrogen) atoms. The zero-order chi connectivity index (χ0) is 42.1. The molecule has 0 unspecified atom stereocenters. The summed E-state index contributed by atoms with van der Waals surface area (Å²) >= 11 is 0. The molecule has 1 fully saturated rings. The number of hydrogen-bond acceptors (Lipinski definition) is 2. The van der Waals surface area contributed by atoms with Crippen molar-refractivity contribution in [3.63, 3.8) is 0 Å². The van der Waals surface area contributed by atoms with Crippen molar-refractivity contribution in [1.82, 2.24) is 0 Å². The monoisotopic (exact) mass is 811 g/mol. The molecule has 9 aromatic carbocycles. The first-order chi connectivity index (χ1) is 31.0. The molecular weight excluding hydrogens is 763 g/mol. The molecule has 10 aromatic rings. The first-order valence-corrected chi connectivity index (χ1v) is 22.8. The Labute approximate surface area is 370 Å². The first-order valence-electron chi connectivity index (χ1n) is 22.8. The van der Waals surface area contributed by atoms with Gasteiger partial charge in [-0.3, -0.25) is 0 Å². The van der Waals surface area contributed by atoms with E-state index < -0.39 is 0 Å². The normalized spacial score (nSPS) is 14.6. The minimum atomic E-state index is -0.120. The van der Waals surface area contributed by atoms with Crippen molar-refractivity contribution in [3.8, 4) is 44.5 Å². The van der Waals surface area contributed by atoms with Gasteiger partial charge in [0.1, 0.15) is 11.2 Å². The van der Waals surface area contributed by atoms with Crippen LogP contribution in [0.15, 0.2) is 199 Å². The van der Waals surface area contributed by atoms with E-state index in [1.165, 1.54) is 98.5 Å². The van der Waals surface area contributed by atoms with E-state index in [2.05, 4.69) is 201 Å². The molecule has 0 N–H and O–H groups in total. The summed E-state index contributed by atoms with van der Waals surface area (Å²) in [5.41, 5.74) is 19.7. The van der Waals surface area contributed by atoms with Gasteiger partial charge in [-0.05, 0) is 157 Å². The maximum Gasteiger partial charge on any atom is 0.135 e. The number of furan rings is 1. The second-order valence-electron chi connectivity index (χ2n) is 18.3. The SMILES string of the molecule is CC1(C)c2cc(N(c3ccc(-c4ccc5oc6ccccc6c5c4)cc3)c3ccc(-c4cc5ccccc5cc4-c4ccccc4)cc3)ccc2-c2c(C3CCCCC3)cccc21. The Kier molecular flexibility index (Phi) is 8.97. The van der Waals surface area contributed by atoms with Crippen LogP contribution in [0.1, 0.15) is 68.6 Å². The van der Waals surface area contributed by atoms with Crippen molar-refractivity contribution in [1.29, 1.82) is 0 Å². The first kappa shape index (κ1) is 37.6. The fourth-order valence-electron chi connectivity index (χ4n) is 11.0. The summed E-state index contributed by atoms with van der Waals surface area (Å²) < 4.78 is 6.17. The average Bonchev–Trinajstić information content (AvgIpc) is 3.83. The second-order valence-corrected chi connectivity index (χ2v) is 18.3. The summed E-state index contributed by atoms with van der Waals surface area (Å²) in [7, 11) is 0. The Bertz CT molecular complexity index is 3330. The number of benzene rings is 9. The minimum Gasteiger partial charge on any atom is -0.456 e. The number of nitrogens with zero attached hydrogens (tertiary/aromatic N) is 1. The Balaban J connectivity index is 0.977. The van der Waals surface area contributed by atoms with Gasteiger partial charge in [-0.25, -0.2) is 0 Å². The number of fused-ring (bicyclic) bond motifs is 7. The molecule has 0 saturated heterocycles. The van der Waals surface area contributed by atoms with Gasteiger partial charge >= 0.3 is 0 Å². The summed E-state index contributed by atoms with van der Waals surface area (Å²) in [5.74, 6) is 0.640. The molecule has 1 heterocycles. The zero-order valence-corrected chi connectivity index (χ0v) is 35.9. The highest BCUT2D eigenvalue weighted by molar-refractivity contribution is 6.06. The van der Waals surface area contributed by atoms with E-state index in [0.717, 1.165) is 39.0 Å². The second kappa shape index (κ2) is 15.0. The molecule has 0 amide bonds. The van der Waals surface area contributed by atoms with Crippen LogP contribution in [0.3, 0.4) is 0 Å². The molecule has 2 aliphatic rings. The van der Waals surface area contributed by atoms with Crippen molar-refractivity contribution in [3.05, 3.63) is 211 Å². The third-order valence-electron chi connectivity index (χ3n) is 14.3. The van der Waals surface area contributed by atoms with Crippen LogP contribution in [0.2, 0.25) is 0 Å². The lowest BCUT2D eigenvalue weighted by Gasteiger charge is -2.28.